The molecule has 0 spiro atoms. The summed E-state index contributed by atoms with van der Waals surface area (Å²) in [6.07, 6.45) is 0. The summed E-state index contributed by atoms with van der Waals surface area (Å²) in [4.78, 5) is 14.1. The minimum absolute atomic E-state index is 0.168. The van der Waals surface area contributed by atoms with Crippen molar-refractivity contribution in [2.45, 2.75) is 18.7 Å². The van der Waals surface area contributed by atoms with Crippen molar-refractivity contribution in [2.24, 2.45) is 11.8 Å². The molecular formula is C15H18N2O2S. The highest BCUT2D eigenvalue weighted by Crippen LogP contribution is 2.35. The molecule has 106 valence electrons. The fraction of sp³-hybridized carbons (Fsp3) is 0.467. The molecular weight excluding hydrogens is 272 g/mol. The quantitative estimate of drug-likeness (QED) is 0.845. The average Bonchev–Trinajstić information content (AvgIpc) is 2.37. The van der Waals surface area contributed by atoms with Crippen LogP contribution in [0.5, 0.6) is 0 Å². The molecule has 1 saturated heterocycles. The van der Waals surface area contributed by atoms with Gasteiger partial charge in [-0.15, -0.1) is 11.8 Å². The summed E-state index contributed by atoms with van der Waals surface area (Å²) in [6, 6.07) is 8.16. The summed E-state index contributed by atoms with van der Waals surface area (Å²) in [5.74, 6) is 0.0218. The highest BCUT2D eigenvalue weighted by molar-refractivity contribution is 7.99. The molecule has 0 radical (unpaired) electrons. The third-order valence-corrected chi connectivity index (χ3v) is 4.70. The zero-order chi connectivity index (χ0) is 14.7. The number of rotatable bonds is 5. The van der Waals surface area contributed by atoms with Gasteiger partial charge in [0.1, 0.15) is 6.07 Å². The normalized spacial score (nSPS) is 16.4. The van der Waals surface area contributed by atoms with Crippen molar-refractivity contribution in [2.75, 3.05) is 23.7 Å². The fourth-order valence-corrected chi connectivity index (χ4v) is 3.18. The molecule has 1 N–H and O–H groups in total. The number of thioether (sulfide) groups is 1. The molecule has 1 aliphatic heterocycles. The van der Waals surface area contributed by atoms with Crippen LogP contribution in [0.4, 0.5) is 5.69 Å². The van der Waals surface area contributed by atoms with Crippen molar-refractivity contribution >= 4 is 23.4 Å². The highest BCUT2D eigenvalue weighted by atomic mass is 32.2. The van der Waals surface area contributed by atoms with Gasteiger partial charge in [0.2, 0.25) is 0 Å². The lowest BCUT2D eigenvalue weighted by atomic mass is 9.86. The smallest absolute Gasteiger partial charge is 0.306 e. The van der Waals surface area contributed by atoms with Crippen LogP contribution in [0.25, 0.3) is 0 Å². The molecule has 1 atom stereocenters. The Kier molecular flexibility index (Phi) is 4.56. The van der Waals surface area contributed by atoms with Gasteiger partial charge in [0, 0.05) is 23.9 Å². The molecule has 0 amide bonds. The number of nitriles is 1. The molecule has 0 bridgehead atoms. The summed E-state index contributed by atoms with van der Waals surface area (Å²) in [5, 5.41) is 18.4. The summed E-state index contributed by atoms with van der Waals surface area (Å²) >= 11 is 1.66. The average molecular weight is 290 g/mol. The standard InChI is InChI=1S/C15H18N2O2S/c1-3-20-14-6-4-5-13(12(14)7-16)17-8-11(9-17)10(2)15(18)19/h4-6,10-11H,3,8-9H2,1-2H3,(H,18,19). The molecule has 5 heteroatoms. The molecule has 0 aromatic heterocycles. The van der Waals surface area contributed by atoms with Crippen molar-refractivity contribution < 1.29 is 9.90 Å². The van der Waals surface area contributed by atoms with E-state index in [2.05, 4.69) is 17.9 Å². The van der Waals surface area contributed by atoms with Crippen LogP contribution in [0.3, 0.4) is 0 Å². The SMILES string of the molecule is CCSc1cccc(N2CC(C(C)C(=O)O)C2)c1C#N. The Balaban J connectivity index is 2.14. The first-order valence-electron chi connectivity index (χ1n) is 6.72. The largest absolute Gasteiger partial charge is 0.481 e. The second-order valence-electron chi connectivity index (χ2n) is 4.99. The van der Waals surface area contributed by atoms with Crippen LogP contribution in [0.2, 0.25) is 0 Å². The van der Waals surface area contributed by atoms with Crippen LogP contribution >= 0.6 is 11.8 Å². The number of aliphatic carboxylic acids is 1. The molecule has 1 aromatic carbocycles. The highest BCUT2D eigenvalue weighted by Gasteiger charge is 2.35. The van der Waals surface area contributed by atoms with Crippen molar-refractivity contribution in [1.29, 1.82) is 5.26 Å². The lowest BCUT2D eigenvalue weighted by Gasteiger charge is -2.43. The van der Waals surface area contributed by atoms with E-state index in [4.69, 9.17) is 5.11 Å². The van der Waals surface area contributed by atoms with Crippen molar-refractivity contribution in [3.8, 4) is 6.07 Å². The van der Waals surface area contributed by atoms with Crippen molar-refractivity contribution in [3.63, 3.8) is 0 Å². The van der Waals surface area contributed by atoms with Gasteiger partial charge in [0.05, 0.1) is 17.2 Å². The lowest BCUT2D eigenvalue weighted by Crippen LogP contribution is -2.51. The summed E-state index contributed by atoms with van der Waals surface area (Å²) in [5.41, 5.74) is 1.64. The van der Waals surface area contributed by atoms with E-state index in [0.29, 0.717) is 18.7 Å². The summed E-state index contributed by atoms with van der Waals surface area (Å²) < 4.78 is 0. The Morgan fingerprint density at radius 3 is 2.85 bits per heavy atom. The fourth-order valence-electron chi connectivity index (χ4n) is 2.40. The third kappa shape index (κ3) is 2.75. The topological polar surface area (TPSA) is 64.3 Å². The first-order valence-corrected chi connectivity index (χ1v) is 7.70. The molecule has 20 heavy (non-hydrogen) atoms. The molecule has 1 aromatic rings. The maximum Gasteiger partial charge on any atom is 0.306 e. The van der Waals surface area contributed by atoms with E-state index in [1.54, 1.807) is 18.7 Å². The van der Waals surface area contributed by atoms with Gasteiger partial charge in [0.15, 0.2) is 0 Å². The second kappa shape index (κ2) is 6.19. The van der Waals surface area contributed by atoms with Gasteiger partial charge in [-0.05, 0) is 17.9 Å². The number of carbonyl (C=O) groups is 1. The van der Waals surface area contributed by atoms with Gasteiger partial charge in [-0.1, -0.05) is 19.9 Å². The molecule has 1 aliphatic rings. The predicted molar refractivity (Wildman–Crippen MR) is 80.1 cm³/mol. The Morgan fingerprint density at radius 1 is 1.60 bits per heavy atom. The molecule has 1 heterocycles. The van der Waals surface area contributed by atoms with Gasteiger partial charge >= 0.3 is 5.97 Å². The number of carboxylic acid groups (broad SMARTS) is 1. The van der Waals surface area contributed by atoms with E-state index in [1.165, 1.54) is 0 Å². The Labute approximate surface area is 123 Å². The number of carboxylic acids is 1. The van der Waals surface area contributed by atoms with Crippen LogP contribution in [0.1, 0.15) is 19.4 Å². The minimum atomic E-state index is -0.745. The molecule has 2 rings (SSSR count). The van der Waals surface area contributed by atoms with Gasteiger partial charge in [-0.3, -0.25) is 4.79 Å². The maximum absolute atomic E-state index is 11.0. The number of hydrogen-bond donors (Lipinski definition) is 1. The second-order valence-corrected chi connectivity index (χ2v) is 6.29. The van der Waals surface area contributed by atoms with Crippen LogP contribution in [-0.2, 0) is 4.79 Å². The first-order chi connectivity index (χ1) is 9.58. The lowest BCUT2D eigenvalue weighted by molar-refractivity contribution is -0.143. The maximum atomic E-state index is 11.0. The van der Waals surface area contributed by atoms with Crippen LogP contribution in [0, 0.1) is 23.2 Å². The minimum Gasteiger partial charge on any atom is -0.481 e. The molecule has 0 aliphatic carbocycles. The van der Waals surface area contributed by atoms with Gasteiger partial charge < -0.3 is 10.0 Å². The molecule has 1 unspecified atom stereocenters. The zero-order valence-corrected chi connectivity index (χ0v) is 12.5. The van der Waals surface area contributed by atoms with E-state index in [0.717, 1.165) is 16.3 Å². The van der Waals surface area contributed by atoms with Crippen LogP contribution in [0.15, 0.2) is 23.1 Å². The zero-order valence-electron chi connectivity index (χ0n) is 11.7. The molecule has 4 nitrogen and oxygen atoms in total. The van der Waals surface area contributed by atoms with E-state index >= 15 is 0 Å². The monoisotopic (exact) mass is 290 g/mol. The van der Waals surface area contributed by atoms with Crippen LogP contribution < -0.4 is 4.90 Å². The van der Waals surface area contributed by atoms with Crippen molar-refractivity contribution in [1.82, 2.24) is 0 Å². The van der Waals surface area contributed by atoms with Gasteiger partial charge in [-0.2, -0.15) is 5.26 Å². The number of anilines is 1. The van der Waals surface area contributed by atoms with Gasteiger partial charge in [0.25, 0.3) is 0 Å². The Bertz CT molecular complexity index is 547. The van der Waals surface area contributed by atoms with Gasteiger partial charge in [-0.25, -0.2) is 0 Å². The summed E-state index contributed by atoms with van der Waals surface area (Å²) in [6.45, 7) is 5.23. The van der Waals surface area contributed by atoms with E-state index in [-0.39, 0.29) is 11.8 Å². The number of nitrogens with zero attached hydrogens (tertiary/aromatic N) is 2. The van der Waals surface area contributed by atoms with Crippen LogP contribution in [-0.4, -0.2) is 29.9 Å². The van der Waals surface area contributed by atoms with E-state index in [1.807, 2.05) is 18.2 Å². The van der Waals surface area contributed by atoms with E-state index < -0.39 is 5.97 Å². The first kappa shape index (κ1) is 14.7. The third-order valence-electron chi connectivity index (χ3n) is 3.76. The Hall–Kier alpha value is -1.67. The number of benzene rings is 1. The molecule has 1 fully saturated rings. The van der Waals surface area contributed by atoms with E-state index in [9.17, 15) is 10.1 Å². The Morgan fingerprint density at radius 2 is 2.30 bits per heavy atom. The predicted octanol–water partition coefficient (Wildman–Crippen LogP) is 2.83. The van der Waals surface area contributed by atoms with Crippen molar-refractivity contribution in [3.05, 3.63) is 23.8 Å². The summed E-state index contributed by atoms with van der Waals surface area (Å²) in [7, 11) is 0. The molecule has 0 saturated carbocycles. The number of hydrogen-bond acceptors (Lipinski definition) is 4.